The van der Waals surface area contributed by atoms with Gasteiger partial charge in [0.25, 0.3) is 0 Å². The van der Waals surface area contributed by atoms with Crippen LogP contribution in [0, 0.1) is 0 Å². The molecule has 0 aromatic heterocycles. The second-order valence-corrected chi connectivity index (χ2v) is 7.10. The van der Waals surface area contributed by atoms with Gasteiger partial charge in [-0.2, -0.15) is 11.8 Å². The lowest BCUT2D eigenvalue weighted by atomic mass is 10.1. The Morgan fingerprint density at radius 1 is 1.42 bits per heavy atom. The number of nitrogens with zero attached hydrogens (tertiary/aromatic N) is 1. The fraction of sp³-hybridized carbons (Fsp3) is 0.533. The summed E-state index contributed by atoms with van der Waals surface area (Å²) in [5.74, 6) is 2.78. The first-order valence-electron chi connectivity index (χ1n) is 6.73. The molecule has 0 spiro atoms. The van der Waals surface area contributed by atoms with Crippen LogP contribution in [0.15, 0.2) is 28.7 Å². The van der Waals surface area contributed by atoms with Gasteiger partial charge in [-0.05, 0) is 44.3 Å². The molecule has 1 aromatic rings. The first-order valence-corrected chi connectivity index (χ1v) is 8.68. The van der Waals surface area contributed by atoms with Crippen molar-refractivity contribution in [2.24, 2.45) is 0 Å². The third-order valence-corrected chi connectivity index (χ3v) is 5.28. The maximum absolute atomic E-state index is 12.0. The Bertz CT molecular complexity index is 415. The molecule has 0 radical (unpaired) electrons. The molecule has 0 amide bonds. The molecular weight excluding hydrogens is 322 g/mol. The Morgan fingerprint density at radius 2 is 2.16 bits per heavy atom. The monoisotopic (exact) mass is 341 g/mol. The molecule has 0 saturated carbocycles. The third-order valence-electron chi connectivity index (χ3n) is 3.61. The number of carbonyl (C=O) groups is 1. The smallest absolute Gasteiger partial charge is 0.162 e. The molecule has 2 rings (SSSR count). The summed E-state index contributed by atoms with van der Waals surface area (Å²) in [6.07, 6.45) is 2.89. The van der Waals surface area contributed by atoms with Gasteiger partial charge >= 0.3 is 0 Å². The van der Waals surface area contributed by atoms with E-state index in [1.165, 1.54) is 17.9 Å². The standard InChI is InChI=1S/C15H20BrNOS/c1-17(14-8-10-19-11-14)9-2-3-15(18)12-4-6-13(16)7-5-12/h4-7,14H,2-3,8-11H2,1H3. The predicted octanol–water partition coefficient (Wildman–Crippen LogP) is 3.85. The fourth-order valence-corrected chi connectivity index (χ4v) is 3.88. The molecule has 1 unspecified atom stereocenters. The van der Waals surface area contributed by atoms with Crippen LogP contribution in [0.2, 0.25) is 0 Å². The number of Topliss-reactive ketones (excluding diaryl/α,β-unsaturated/α-hetero) is 1. The zero-order valence-electron chi connectivity index (χ0n) is 11.3. The molecule has 0 aliphatic carbocycles. The van der Waals surface area contributed by atoms with Gasteiger partial charge in [-0.15, -0.1) is 0 Å². The maximum atomic E-state index is 12.0. The normalized spacial score (nSPS) is 19.0. The van der Waals surface area contributed by atoms with Crippen LogP contribution in [0.5, 0.6) is 0 Å². The van der Waals surface area contributed by atoms with Crippen LogP contribution < -0.4 is 0 Å². The van der Waals surface area contributed by atoms with E-state index in [9.17, 15) is 4.79 Å². The summed E-state index contributed by atoms with van der Waals surface area (Å²) in [7, 11) is 2.18. The van der Waals surface area contributed by atoms with Crippen molar-refractivity contribution in [3.05, 3.63) is 34.3 Å². The molecule has 4 heteroatoms. The summed E-state index contributed by atoms with van der Waals surface area (Å²) < 4.78 is 1.02. The molecule has 2 nitrogen and oxygen atoms in total. The minimum atomic E-state index is 0.252. The predicted molar refractivity (Wildman–Crippen MR) is 86.1 cm³/mol. The Morgan fingerprint density at radius 3 is 2.79 bits per heavy atom. The second kappa shape index (κ2) is 7.46. The Labute approximate surface area is 128 Å². The van der Waals surface area contributed by atoms with Crippen molar-refractivity contribution in [1.82, 2.24) is 4.90 Å². The van der Waals surface area contributed by atoms with Crippen molar-refractivity contribution in [2.45, 2.75) is 25.3 Å². The van der Waals surface area contributed by atoms with Gasteiger partial charge in [-0.3, -0.25) is 4.79 Å². The number of hydrogen-bond acceptors (Lipinski definition) is 3. The van der Waals surface area contributed by atoms with Gasteiger partial charge in [0.15, 0.2) is 5.78 Å². The van der Waals surface area contributed by atoms with Crippen LogP contribution in [0.1, 0.15) is 29.6 Å². The van der Waals surface area contributed by atoms with E-state index in [1.807, 2.05) is 36.0 Å². The molecule has 1 saturated heterocycles. The minimum Gasteiger partial charge on any atom is -0.303 e. The van der Waals surface area contributed by atoms with E-state index in [0.29, 0.717) is 12.5 Å². The number of hydrogen-bond donors (Lipinski definition) is 0. The van der Waals surface area contributed by atoms with Crippen LogP contribution in [0.4, 0.5) is 0 Å². The highest BCUT2D eigenvalue weighted by Gasteiger charge is 2.19. The third kappa shape index (κ3) is 4.62. The highest BCUT2D eigenvalue weighted by atomic mass is 79.9. The molecule has 1 aliphatic rings. The van der Waals surface area contributed by atoms with Crippen molar-refractivity contribution in [3.8, 4) is 0 Å². The highest BCUT2D eigenvalue weighted by Crippen LogP contribution is 2.21. The number of carbonyl (C=O) groups excluding carboxylic acids is 1. The number of ketones is 1. The van der Waals surface area contributed by atoms with Crippen LogP contribution in [-0.4, -0.2) is 41.8 Å². The first kappa shape index (κ1) is 15.1. The van der Waals surface area contributed by atoms with E-state index in [4.69, 9.17) is 0 Å². The number of benzene rings is 1. The van der Waals surface area contributed by atoms with Gasteiger partial charge in [0.1, 0.15) is 0 Å². The zero-order valence-corrected chi connectivity index (χ0v) is 13.7. The lowest BCUT2D eigenvalue weighted by molar-refractivity contribution is 0.0974. The summed E-state index contributed by atoms with van der Waals surface area (Å²) in [4.78, 5) is 14.4. The molecule has 1 atom stereocenters. The molecular formula is C15H20BrNOS. The molecule has 104 valence electrons. The Hall–Kier alpha value is -0.320. The topological polar surface area (TPSA) is 20.3 Å². The summed E-state index contributed by atoms with van der Waals surface area (Å²) in [5, 5.41) is 0. The molecule has 1 aromatic carbocycles. The molecule has 1 fully saturated rings. The van der Waals surface area contributed by atoms with E-state index in [1.54, 1.807) is 0 Å². The van der Waals surface area contributed by atoms with E-state index in [-0.39, 0.29) is 5.78 Å². The van der Waals surface area contributed by atoms with Gasteiger partial charge in [0, 0.05) is 28.3 Å². The molecule has 1 heterocycles. The van der Waals surface area contributed by atoms with Crippen molar-refractivity contribution in [2.75, 3.05) is 25.1 Å². The van der Waals surface area contributed by atoms with Crippen molar-refractivity contribution >= 4 is 33.5 Å². The number of halogens is 1. The highest BCUT2D eigenvalue weighted by molar-refractivity contribution is 9.10. The Kier molecular flexibility index (Phi) is 5.92. The van der Waals surface area contributed by atoms with Gasteiger partial charge < -0.3 is 4.90 Å². The molecule has 19 heavy (non-hydrogen) atoms. The molecule has 1 aliphatic heterocycles. The minimum absolute atomic E-state index is 0.252. The average molecular weight is 342 g/mol. The van der Waals surface area contributed by atoms with Crippen LogP contribution >= 0.6 is 27.7 Å². The van der Waals surface area contributed by atoms with Crippen LogP contribution in [0.3, 0.4) is 0 Å². The lowest BCUT2D eigenvalue weighted by Crippen LogP contribution is -2.32. The second-order valence-electron chi connectivity index (χ2n) is 5.03. The van der Waals surface area contributed by atoms with Crippen molar-refractivity contribution in [3.63, 3.8) is 0 Å². The van der Waals surface area contributed by atoms with Gasteiger partial charge in [-0.25, -0.2) is 0 Å². The summed E-state index contributed by atoms with van der Waals surface area (Å²) >= 11 is 5.42. The van der Waals surface area contributed by atoms with E-state index in [0.717, 1.165) is 23.0 Å². The van der Waals surface area contributed by atoms with E-state index >= 15 is 0 Å². The van der Waals surface area contributed by atoms with Crippen LogP contribution in [0.25, 0.3) is 0 Å². The fourth-order valence-electron chi connectivity index (χ4n) is 2.32. The van der Waals surface area contributed by atoms with E-state index in [2.05, 4.69) is 27.9 Å². The van der Waals surface area contributed by atoms with Gasteiger partial charge in [-0.1, -0.05) is 28.1 Å². The summed E-state index contributed by atoms with van der Waals surface area (Å²) in [6, 6.07) is 8.35. The van der Waals surface area contributed by atoms with Crippen molar-refractivity contribution < 1.29 is 4.79 Å². The zero-order chi connectivity index (χ0) is 13.7. The quantitative estimate of drug-likeness (QED) is 0.733. The maximum Gasteiger partial charge on any atom is 0.162 e. The lowest BCUT2D eigenvalue weighted by Gasteiger charge is -2.23. The van der Waals surface area contributed by atoms with Gasteiger partial charge in [0.05, 0.1) is 0 Å². The molecule has 0 N–H and O–H groups in total. The largest absolute Gasteiger partial charge is 0.303 e. The summed E-state index contributed by atoms with van der Waals surface area (Å²) in [6.45, 7) is 1.02. The van der Waals surface area contributed by atoms with Gasteiger partial charge in [0.2, 0.25) is 0 Å². The average Bonchev–Trinajstić information content (AvgIpc) is 2.93. The summed E-state index contributed by atoms with van der Waals surface area (Å²) in [5.41, 5.74) is 0.822. The first-order chi connectivity index (χ1) is 9.16. The van der Waals surface area contributed by atoms with Crippen LogP contribution in [-0.2, 0) is 0 Å². The van der Waals surface area contributed by atoms with Crippen molar-refractivity contribution in [1.29, 1.82) is 0 Å². The number of rotatable bonds is 6. The number of thioether (sulfide) groups is 1. The Balaban J connectivity index is 1.73. The SMILES string of the molecule is CN(CCCC(=O)c1ccc(Br)cc1)C1CCSC1. The van der Waals surface area contributed by atoms with E-state index < -0.39 is 0 Å². The molecule has 0 bridgehead atoms.